The molecule has 0 heterocycles. The van der Waals surface area contributed by atoms with E-state index in [-0.39, 0.29) is 11.4 Å². The molecule has 0 bridgehead atoms. The molecule has 1 fully saturated rings. The molecule has 1 saturated carbocycles. The zero-order valence-electron chi connectivity index (χ0n) is 8.89. The first-order valence-electron chi connectivity index (χ1n) is 4.77. The minimum Gasteiger partial charge on any atom is -0.466 e. The van der Waals surface area contributed by atoms with Crippen LogP contribution < -0.4 is 0 Å². The molecular weight excluding hydrogens is 164 g/mol. The summed E-state index contributed by atoms with van der Waals surface area (Å²) in [6, 6.07) is 0. The third kappa shape index (κ3) is 1.93. The van der Waals surface area contributed by atoms with Gasteiger partial charge >= 0.3 is 5.97 Å². The van der Waals surface area contributed by atoms with Crippen molar-refractivity contribution >= 4 is 5.97 Å². The van der Waals surface area contributed by atoms with Gasteiger partial charge in [-0.1, -0.05) is 25.5 Å². The van der Waals surface area contributed by atoms with Gasteiger partial charge in [0.05, 0.1) is 6.61 Å². The highest BCUT2D eigenvalue weighted by Gasteiger charge is 2.43. The van der Waals surface area contributed by atoms with Gasteiger partial charge in [0.2, 0.25) is 0 Å². The van der Waals surface area contributed by atoms with E-state index >= 15 is 0 Å². The van der Waals surface area contributed by atoms with Gasteiger partial charge in [-0.2, -0.15) is 0 Å². The highest BCUT2D eigenvalue weighted by molar-refractivity contribution is 5.65. The first-order valence-corrected chi connectivity index (χ1v) is 4.77. The molecule has 1 aliphatic carbocycles. The lowest BCUT2D eigenvalue weighted by molar-refractivity contribution is -0.144. The van der Waals surface area contributed by atoms with E-state index in [4.69, 9.17) is 4.74 Å². The highest BCUT2D eigenvalue weighted by atomic mass is 16.5. The van der Waals surface area contributed by atoms with Crippen LogP contribution in [0.4, 0.5) is 0 Å². The summed E-state index contributed by atoms with van der Waals surface area (Å²) in [6.07, 6.45) is 3.25. The molecule has 0 radical (unpaired) electrons. The normalized spacial score (nSPS) is 28.3. The van der Waals surface area contributed by atoms with Crippen molar-refractivity contribution in [2.75, 3.05) is 6.61 Å². The third-order valence-electron chi connectivity index (χ3n) is 3.15. The second kappa shape index (κ2) is 3.52. The molecule has 0 spiro atoms. The van der Waals surface area contributed by atoms with E-state index in [1.54, 1.807) is 0 Å². The Bertz CT molecular complexity index is 238. The molecule has 74 valence electrons. The Kier molecular flexibility index (Phi) is 2.79. The molecule has 1 atom stereocenters. The van der Waals surface area contributed by atoms with Crippen molar-refractivity contribution in [3.63, 3.8) is 0 Å². The van der Waals surface area contributed by atoms with Gasteiger partial charge in [0.1, 0.15) is 0 Å². The van der Waals surface area contributed by atoms with E-state index in [2.05, 4.69) is 26.8 Å². The molecule has 1 unspecified atom stereocenters. The molecule has 0 N–H and O–H groups in total. The standard InChI is InChI=1S/C11H18O2/c1-5-9-6-10(11(9,3)4)7-13-8(2)12/h5,10H,6-7H2,1-4H3. The predicted octanol–water partition coefficient (Wildman–Crippen LogP) is 2.54. The summed E-state index contributed by atoms with van der Waals surface area (Å²) in [5.41, 5.74) is 1.70. The summed E-state index contributed by atoms with van der Waals surface area (Å²) >= 11 is 0. The fraction of sp³-hybridized carbons (Fsp3) is 0.727. The van der Waals surface area contributed by atoms with E-state index < -0.39 is 0 Å². The number of rotatable bonds is 2. The molecule has 1 aliphatic rings. The zero-order valence-corrected chi connectivity index (χ0v) is 8.89. The molecule has 0 amide bonds. The summed E-state index contributed by atoms with van der Waals surface area (Å²) in [5, 5.41) is 0. The lowest BCUT2D eigenvalue weighted by Crippen LogP contribution is -2.40. The summed E-state index contributed by atoms with van der Waals surface area (Å²) in [4.78, 5) is 10.6. The Morgan fingerprint density at radius 2 is 2.31 bits per heavy atom. The van der Waals surface area contributed by atoms with E-state index in [9.17, 15) is 4.79 Å². The van der Waals surface area contributed by atoms with Gasteiger partial charge < -0.3 is 4.74 Å². The molecule has 1 rings (SSSR count). The van der Waals surface area contributed by atoms with E-state index in [1.165, 1.54) is 12.5 Å². The van der Waals surface area contributed by atoms with E-state index in [0.717, 1.165) is 6.42 Å². The van der Waals surface area contributed by atoms with Crippen LogP contribution in [0.3, 0.4) is 0 Å². The number of carbonyl (C=O) groups excluding carboxylic acids is 1. The van der Waals surface area contributed by atoms with Crippen molar-refractivity contribution in [3.05, 3.63) is 11.6 Å². The summed E-state index contributed by atoms with van der Waals surface area (Å²) in [7, 11) is 0. The molecule has 0 saturated heterocycles. The van der Waals surface area contributed by atoms with Crippen molar-refractivity contribution in [1.82, 2.24) is 0 Å². The van der Waals surface area contributed by atoms with Gasteiger partial charge in [-0.25, -0.2) is 0 Å². The average Bonchev–Trinajstić information content (AvgIpc) is 2.02. The number of allylic oxidation sites excluding steroid dienone is 2. The monoisotopic (exact) mass is 182 g/mol. The largest absolute Gasteiger partial charge is 0.466 e. The van der Waals surface area contributed by atoms with E-state index in [1.807, 2.05) is 0 Å². The van der Waals surface area contributed by atoms with Crippen LogP contribution >= 0.6 is 0 Å². The maximum absolute atomic E-state index is 10.6. The SMILES string of the molecule is CC=C1CC(COC(C)=O)C1(C)C. The number of carbonyl (C=O) groups is 1. The molecule has 2 nitrogen and oxygen atoms in total. The second-order valence-corrected chi connectivity index (χ2v) is 4.24. The van der Waals surface area contributed by atoms with Crippen molar-refractivity contribution in [2.24, 2.45) is 11.3 Å². The Hall–Kier alpha value is -0.790. The minimum absolute atomic E-state index is 0.176. The maximum atomic E-state index is 10.6. The number of hydrogen-bond donors (Lipinski definition) is 0. The third-order valence-corrected chi connectivity index (χ3v) is 3.15. The second-order valence-electron chi connectivity index (χ2n) is 4.24. The molecule has 13 heavy (non-hydrogen) atoms. The van der Waals surface area contributed by atoms with Crippen LogP contribution in [0.2, 0.25) is 0 Å². The van der Waals surface area contributed by atoms with Gasteiger partial charge in [-0.3, -0.25) is 4.79 Å². The molecule has 0 aliphatic heterocycles. The molecular formula is C11H18O2. The van der Waals surface area contributed by atoms with Crippen LogP contribution in [-0.4, -0.2) is 12.6 Å². The van der Waals surface area contributed by atoms with Crippen LogP contribution in [0.15, 0.2) is 11.6 Å². The van der Waals surface area contributed by atoms with Crippen LogP contribution in [0.5, 0.6) is 0 Å². The smallest absolute Gasteiger partial charge is 0.302 e. The van der Waals surface area contributed by atoms with Gasteiger partial charge in [-0.15, -0.1) is 0 Å². The van der Waals surface area contributed by atoms with Crippen molar-refractivity contribution < 1.29 is 9.53 Å². The Morgan fingerprint density at radius 1 is 1.69 bits per heavy atom. The van der Waals surface area contributed by atoms with Crippen LogP contribution in [-0.2, 0) is 9.53 Å². The van der Waals surface area contributed by atoms with Crippen molar-refractivity contribution in [3.8, 4) is 0 Å². The fourth-order valence-corrected chi connectivity index (χ4v) is 1.89. The topological polar surface area (TPSA) is 26.3 Å². The Labute approximate surface area is 80.0 Å². The summed E-state index contributed by atoms with van der Waals surface area (Å²) in [5.74, 6) is 0.326. The Balaban J connectivity index is 2.45. The number of esters is 1. The quantitative estimate of drug-likeness (QED) is 0.484. The van der Waals surface area contributed by atoms with Crippen molar-refractivity contribution in [2.45, 2.75) is 34.1 Å². The Morgan fingerprint density at radius 3 is 2.69 bits per heavy atom. The predicted molar refractivity (Wildman–Crippen MR) is 52.3 cm³/mol. The van der Waals surface area contributed by atoms with E-state index in [0.29, 0.717) is 12.5 Å². The van der Waals surface area contributed by atoms with Gasteiger partial charge in [0.25, 0.3) is 0 Å². The number of ether oxygens (including phenoxy) is 1. The summed E-state index contributed by atoms with van der Waals surface area (Å²) in [6.45, 7) is 8.51. The van der Waals surface area contributed by atoms with Gasteiger partial charge in [0.15, 0.2) is 0 Å². The molecule has 0 aromatic carbocycles. The first kappa shape index (κ1) is 10.3. The van der Waals surface area contributed by atoms with Gasteiger partial charge in [0, 0.05) is 12.8 Å². The van der Waals surface area contributed by atoms with Crippen LogP contribution in [0, 0.1) is 11.3 Å². The minimum atomic E-state index is -0.176. The van der Waals surface area contributed by atoms with Gasteiger partial charge in [-0.05, 0) is 18.8 Å². The highest BCUT2D eigenvalue weighted by Crippen LogP contribution is 2.50. The molecule has 0 aromatic heterocycles. The summed E-state index contributed by atoms with van der Waals surface area (Å²) < 4.78 is 5.01. The molecule has 2 heteroatoms. The van der Waals surface area contributed by atoms with Crippen molar-refractivity contribution in [1.29, 1.82) is 0 Å². The molecule has 0 aromatic rings. The lowest BCUT2D eigenvalue weighted by Gasteiger charge is -2.47. The van der Waals surface area contributed by atoms with Crippen LogP contribution in [0.25, 0.3) is 0 Å². The first-order chi connectivity index (χ1) is 5.98. The number of hydrogen-bond acceptors (Lipinski definition) is 2. The maximum Gasteiger partial charge on any atom is 0.302 e. The fourth-order valence-electron chi connectivity index (χ4n) is 1.89. The average molecular weight is 182 g/mol. The lowest BCUT2D eigenvalue weighted by atomic mass is 9.59. The van der Waals surface area contributed by atoms with Crippen LogP contribution in [0.1, 0.15) is 34.1 Å². The zero-order chi connectivity index (χ0) is 10.1.